The number of ether oxygens (including phenoxy) is 1. The summed E-state index contributed by atoms with van der Waals surface area (Å²) in [5.41, 5.74) is 2.71. The standard InChI is InChI=1S/C22H30N4O4S/c1-17-7-9-18(10-8-17)21(25(2)3)16-23-22(27)24-19-5-4-6-20(15-19)31(28,29)26-11-13-30-14-12-26/h4-10,15,21H,11-14,16H2,1-3H3,(H2,23,24,27). The highest BCUT2D eigenvalue weighted by Crippen LogP contribution is 2.21. The van der Waals surface area contributed by atoms with Crippen molar-refractivity contribution in [1.82, 2.24) is 14.5 Å². The molecule has 0 spiro atoms. The topological polar surface area (TPSA) is 91.0 Å². The number of hydrogen-bond donors (Lipinski definition) is 2. The van der Waals surface area contributed by atoms with Crippen molar-refractivity contribution in [2.75, 3.05) is 52.3 Å². The predicted molar refractivity (Wildman–Crippen MR) is 121 cm³/mol. The molecule has 2 amide bonds. The Morgan fingerprint density at radius 2 is 1.81 bits per heavy atom. The first-order valence-electron chi connectivity index (χ1n) is 10.2. The van der Waals surface area contributed by atoms with E-state index in [0.717, 1.165) is 5.56 Å². The third-order valence-corrected chi connectivity index (χ3v) is 7.14. The fraction of sp³-hybridized carbons (Fsp3) is 0.409. The number of carbonyl (C=O) groups is 1. The van der Waals surface area contributed by atoms with Crippen LogP contribution in [0.2, 0.25) is 0 Å². The van der Waals surface area contributed by atoms with Crippen molar-refractivity contribution in [1.29, 1.82) is 0 Å². The normalized spacial score (nSPS) is 16.1. The molecule has 1 unspecified atom stereocenters. The quantitative estimate of drug-likeness (QED) is 0.682. The summed E-state index contributed by atoms with van der Waals surface area (Å²) in [6.07, 6.45) is 0. The molecule has 0 aromatic heterocycles. The monoisotopic (exact) mass is 446 g/mol. The Hall–Kier alpha value is -2.46. The maximum atomic E-state index is 12.8. The molecule has 2 aromatic carbocycles. The first kappa shape index (κ1) is 23.2. The number of anilines is 1. The molecular weight excluding hydrogens is 416 g/mol. The zero-order valence-electron chi connectivity index (χ0n) is 18.2. The fourth-order valence-corrected chi connectivity index (χ4v) is 4.88. The number of amides is 2. The number of sulfonamides is 1. The molecule has 1 aliphatic rings. The Kier molecular flexibility index (Phi) is 7.66. The number of hydrogen-bond acceptors (Lipinski definition) is 5. The van der Waals surface area contributed by atoms with Gasteiger partial charge in [-0.3, -0.25) is 0 Å². The lowest BCUT2D eigenvalue weighted by Crippen LogP contribution is -2.40. The summed E-state index contributed by atoms with van der Waals surface area (Å²) in [7, 11) is 0.303. The smallest absolute Gasteiger partial charge is 0.319 e. The molecule has 1 saturated heterocycles. The van der Waals surface area contributed by atoms with E-state index in [2.05, 4.69) is 22.8 Å². The third-order valence-electron chi connectivity index (χ3n) is 5.24. The lowest BCUT2D eigenvalue weighted by molar-refractivity contribution is 0.0730. The number of likely N-dealkylation sites (N-methyl/N-ethyl adjacent to an activating group) is 1. The Balaban J connectivity index is 1.63. The minimum absolute atomic E-state index is 0.0133. The highest BCUT2D eigenvalue weighted by Gasteiger charge is 2.26. The summed E-state index contributed by atoms with van der Waals surface area (Å²) in [5.74, 6) is 0. The molecule has 2 aromatic rings. The van der Waals surface area contributed by atoms with Crippen molar-refractivity contribution in [2.24, 2.45) is 0 Å². The largest absolute Gasteiger partial charge is 0.379 e. The molecule has 1 heterocycles. The van der Waals surface area contributed by atoms with Crippen LogP contribution in [-0.4, -0.2) is 70.6 Å². The first-order chi connectivity index (χ1) is 14.8. The van der Waals surface area contributed by atoms with E-state index in [9.17, 15) is 13.2 Å². The molecular formula is C22H30N4O4S. The SMILES string of the molecule is Cc1ccc(C(CNC(=O)Nc2cccc(S(=O)(=O)N3CCOCC3)c2)N(C)C)cc1. The van der Waals surface area contributed by atoms with Crippen LogP contribution in [0.1, 0.15) is 17.2 Å². The van der Waals surface area contributed by atoms with Gasteiger partial charge >= 0.3 is 6.03 Å². The minimum Gasteiger partial charge on any atom is -0.379 e. The Bertz CT molecular complexity index is 987. The van der Waals surface area contributed by atoms with Gasteiger partial charge < -0.3 is 20.3 Å². The summed E-state index contributed by atoms with van der Waals surface area (Å²) in [4.78, 5) is 14.7. The van der Waals surface area contributed by atoms with E-state index in [1.807, 2.05) is 38.1 Å². The van der Waals surface area contributed by atoms with Crippen LogP contribution in [0, 0.1) is 6.92 Å². The van der Waals surface area contributed by atoms with E-state index in [1.165, 1.54) is 22.0 Å². The van der Waals surface area contributed by atoms with Gasteiger partial charge in [0.1, 0.15) is 0 Å². The van der Waals surface area contributed by atoms with Crippen molar-refractivity contribution >= 4 is 21.7 Å². The van der Waals surface area contributed by atoms with E-state index >= 15 is 0 Å². The minimum atomic E-state index is -3.62. The fourth-order valence-electron chi connectivity index (χ4n) is 3.42. The van der Waals surface area contributed by atoms with Gasteiger partial charge in [-0.15, -0.1) is 0 Å². The second-order valence-electron chi connectivity index (χ2n) is 7.77. The molecule has 0 radical (unpaired) electrons. The average molecular weight is 447 g/mol. The number of carbonyl (C=O) groups excluding carboxylic acids is 1. The van der Waals surface area contributed by atoms with E-state index in [-0.39, 0.29) is 17.0 Å². The molecule has 31 heavy (non-hydrogen) atoms. The summed E-state index contributed by atoms with van der Waals surface area (Å²) in [6.45, 7) is 3.86. The van der Waals surface area contributed by atoms with Gasteiger partial charge in [0.25, 0.3) is 0 Å². The number of benzene rings is 2. The molecule has 0 bridgehead atoms. The maximum Gasteiger partial charge on any atom is 0.319 e. The second-order valence-corrected chi connectivity index (χ2v) is 9.71. The molecule has 0 aliphatic carbocycles. The highest BCUT2D eigenvalue weighted by atomic mass is 32.2. The van der Waals surface area contributed by atoms with Crippen molar-refractivity contribution in [2.45, 2.75) is 17.9 Å². The lowest BCUT2D eigenvalue weighted by Gasteiger charge is -2.26. The lowest BCUT2D eigenvalue weighted by atomic mass is 10.0. The molecule has 1 atom stereocenters. The van der Waals surface area contributed by atoms with Gasteiger partial charge in [-0.05, 0) is 44.8 Å². The van der Waals surface area contributed by atoms with E-state index in [0.29, 0.717) is 38.5 Å². The van der Waals surface area contributed by atoms with Gasteiger partial charge in [0, 0.05) is 25.3 Å². The predicted octanol–water partition coefficient (Wildman–Crippen LogP) is 2.44. The number of rotatable bonds is 7. The summed E-state index contributed by atoms with van der Waals surface area (Å²) < 4.78 is 32.3. The van der Waals surface area contributed by atoms with Gasteiger partial charge in [0.2, 0.25) is 10.0 Å². The van der Waals surface area contributed by atoms with E-state index < -0.39 is 10.0 Å². The molecule has 168 valence electrons. The van der Waals surface area contributed by atoms with Crippen molar-refractivity contribution in [3.05, 3.63) is 59.7 Å². The number of urea groups is 1. The zero-order valence-corrected chi connectivity index (χ0v) is 19.0. The zero-order chi connectivity index (χ0) is 22.4. The van der Waals surface area contributed by atoms with E-state index in [1.54, 1.807) is 12.1 Å². The second kappa shape index (κ2) is 10.2. The van der Waals surface area contributed by atoms with Gasteiger partial charge in [-0.1, -0.05) is 35.9 Å². The Morgan fingerprint density at radius 3 is 2.45 bits per heavy atom. The van der Waals surface area contributed by atoms with E-state index in [4.69, 9.17) is 4.74 Å². The molecule has 2 N–H and O–H groups in total. The molecule has 1 aliphatic heterocycles. The molecule has 9 heteroatoms. The molecule has 3 rings (SSSR count). The van der Waals surface area contributed by atoms with Crippen LogP contribution in [-0.2, 0) is 14.8 Å². The van der Waals surface area contributed by atoms with Crippen LogP contribution < -0.4 is 10.6 Å². The Labute approximate surface area is 184 Å². The number of aryl methyl sites for hydroxylation is 1. The van der Waals surface area contributed by atoms with Crippen LogP contribution in [0.4, 0.5) is 10.5 Å². The van der Waals surface area contributed by atoms with Crippen molar-refractivity contribution < 1.29 is 17.9 Å². The first-order valence-corrected chi connectivity index (χ1v) is 11.7. The van der Waals surface area contributed by atoms with Crippen LogP contribution in [0.3, 0.4) is 0 Å². The van der Waals surface area contributed by atoms with Gasteiger partial charge in [0.05, 0.1) is 24.2 Å². The van der Waals surface area contributed by atoms with Gasteiger partial charge in [-0.2, -0.15) is 4.31 Å². The maximum absolute atomic E-state index is 12.8. The molecule has 1 fully saturated rings. The summed E-state index contributed by atoms with van der Waals surface area (Å²) in [5, 5.41) is 5.62. The van der Waals surface area contributed by atoms with Crippen LogP contribution in [0.15, 0.2) is 53.4 Å². The van der Waals surface area contributed by atoms with Crippen molar-refractivity contribution in [3.63, 3.8) is 0 Å². The summed E-state index contributed by atoms with van der Waals surface area (Å²) >= 11 is 0. The Morgan fingerprint density at radius 1 is 1.13 bits per heavy atom. The molecule has 8 nitrogen and oxygen atoms in total. The summed E-state index contributed by atoms with van der Waals surface area (Å²) in [6, 6.07) is 14.1. The van der Waals surface area contributed by atoms with Crippen molar-refractivity contribution in [3.8, 4) is 0 Å². The molecule has 0 saturated carbocycles. The highest BCUT2D eigenvalue weighted by molar-refractivity contribution is 7.89. The number of morpholine rings is 1. The average Bonchev–Trinajstić information content (AvgIpc) is 2.75. The van der Waals surface area contributed by atoms with Gasteiger partial charge in [0.15, 0.2) is 0 Å². The number of nitrogens with zero attached hydrogens (tertiary/aromatic N) is 2. The third kappa shape index (κ3) is 6.04. The van der Waals surface area contributed by atoms with Crippen LogP contribution >= 0.6 is 0 Å². The number of nitrogens with one attached hydrogen (secondary N) is 2. The van der Waals surface area contributed by atoms with Crippen LogP contribution in [0.25, 0.3) is 0 Å². The van der Waals surface area contributed by atoms with Gasteiger partial charge in [-0.25, -0.2) is 13.2 Å². The van der Waals surface area contributed by atoms with Crippen LogP contribution in [0.5, 0.6) is 0 Å².